The number of benzene rings is 2. The fourth-order valence-electron chi connectivity index (χ4n) is 3.07. The predicted octanol–water partition coefficient (Wildman–Crippen LogP) is 4.99. The lowest BCUT2D eigenvalue weighted by atomic mass is 10.0. The monoisotopic (exact) mass is 365 g/mol. The zero-order valence-corrected chi connectivity index (χ0v) is 15.3. The molecule has 0 bridgehead atoms. The van der Waals surface area contributed by atoms with Crippen molar-refractivity contribution < 1.29 is 4.79 Å². The van der Waals surface area contributed by atoms with E-state index in [0.717, 1.165) is 22.4 Å². The van der Waals surface area contributed by atoms with Gasteiger partial charge in [-0.25, -0.2) is 0 Å². The molecule has 0 aliphatic carbocycles. The summed E-state index contributed by atoms with van der Waals surface area (Å²) < 4.78 is 0. The van der Waals surface area contributed by atoms with Crippen LogP contribution in [0.25, 0.3) is 11.1 Å². The van der Waals surface area contributed by atoms with E-state index < -0.39 is 0 Å². The number of anilines is 1. The Morgan fingerprint density at radius 1 is 0.714 bits per heavy atom. The van der Waals surface area contributed by atoms with Gasteiger partial charge in [0.15, 0.2) is 0 Å². The van der Waals surface area contributed by atoms with E-state index in [9.17, 15) is 4.79 Å². The quantitative estimate of drug-likeness (QED) is 0.500. The number of carbonyl (C=O) groups is 1. The van der Waals surface area contributed by atoms with E-state index in [4.69, 9.17) is 0 Å². The van der Waals surface area contributed by atoms with Crippen LogP contribution in [0.4, 0.5) is 5.69 Å². The molecule has 0 unspecified atom stereocenters. The highest BCUT2D eigenvalue weighted by atomic mass is 16.2. The summed E-state index contributed by atoms with van der Waals surface area (Å²) in [5, 5.41) is 0. The van der Waals surface area contributed by atoms with Crippen molar-refractivity contribution in [3.8, 4) is 11.1 Å². The molecule has 0 spiro atoms. The third-order valence-electron chi connectivity index (χ3n) is 4.52. The molecule has 0 saturated carbocycles. The maximum Gasteiger partial charge on any atom is 0.258 e. The molecule has 4 nitrogen and oxygen atoms in total. The van der Waals surface area contributed by atoms with Crippen molar-refractivity contribution in [2.24, 2.45) is 0 Å². The van der Waals surface area contributed by atoms with Gasteiger partial charge >= 0.3 is 0 Å². The van der Waals surface area contributed by atoms with Crippen LogP contribution in [0.3, 0.4) is 0 Å². The van der Waals surface area contributed by atoms with Crippen molar-refractivity contribution in [1.29, 1.82) is 0 Å². The largest absolute Gasteiger partial charge is 0.304 e. The summed E-state index contributed by atoms with van der Waals surface area (Å²) in [6.45, 7) is 0.444. The van der Waals surface area contributed by atoms with Crippen LogP contribution in [0.2, 0.25) is 0 Å². The Kier molecular flexibility index (Phi) is 5.20. The molecule has 0 aliphatic heterocycles. The lowest BCUT2D eigenvalue weighted by Gasteiger charge is -2.23. The van der Waals surface area contributed by atoms with Crippen LogP contribution in [0.15, 0.2) is 104 Å². The highest BCUT2D eigenvalue weighted by Crippen LogP contribution is 2.25. The maximum absolute atomic E-state index is 13.2. The Bertz CT molecular complexity index is 1030. The molecule has 0 aliphatic rings. The molecule has 4 heteroatoms. The van der Waals surface area contributed by atoms with Crippen molar-refractivity contribution in [3.63, 3.8) is 0 Å². The summed E-state index contributed by atoms with van der Waals surface area (Å²) in [6, 6.07) is 25.6. The first-order chi connectivity index (χ1) is 13.8. The van der Waals surface area contributed by atoms with Gasteiger partial charge in [-0.2, -0.15) is 0 Å². The molecule has 0 radical (unpaired) electrons. The molecule has 4 aromatic rings. The van der Waals surface area contributed by atoms with Crippen molar-refractivity contribution >= 4 is 11.6 Å². The van der Waals surface area contributed by atoms with Gasteiger partial charge in [0.1, 0.15) is 0 Å². The van der Waals surface area contributed by atoms with Crippen LogP contribution in [-0.2, 0) is 6.54 Å². The number of aromatic nitrogens is 2. The number of hydrogen-bond donors (Lipinski definition) is 0. The molecule has 4 rings (SSSR count). The highest BCUT2D eigenvalue weighted by Gasteiger charge is 2.18. The lowest BCUT2D eigenvalue weighted by molar-refractivity contribution is 0.0985. The second kappa shape index (κ2) is 8.27. The standard InChI is InChI=1S/C24H19N3O/c28-24(22-12-15-25-16-13-22)27(18-19-5-4-14-26-17-19)23-10-8-21(9-11-23)20-6-2-1-3-7-20/h1-17H,18H2. The number of pyridine rings is 2. The zero-order chi connectivity index (χ0) is 19.2. The molecule has 2 heterocycles. The molecular formula is C24H19N3O. The summed E-state index contributed by atoms with van der Waals surface area (Å²) in [4.78, 5) is 23.1. The number of carbonyl (C=O) groups excluding carboxylic acids is 1. The van der Waals surface area contributed by atoms with Gasteiger partial charge in [0.2, 0.25) is 0 Å². The minimum Gasteiger partial charge on any atom is -0.304 e. The van der Waals surface area contributed by atoms with Crippen molar-refractivity contribution in [3.05, 3.63) is 115 Å². The van der Waals surface area contributed by atoms with Gasteiger partial charge in [-0.3, -0.25) is 14.8 Å². The average molecular weight is 365 g/mol. The summed E-state index contributed by atoms with van der Waals surface area (Å²) >= 11 is 0. The summed E-state index contributed by atoms with van der Waals surface area (Å²) in [7, 11) is 0. The van der Waals surface area contributed by atoms with E-state index >= 15 is 0 Å². The molecule has 2 aromatic carbocycles. The minimum absolute atomic E-state index is 0.0706. The Morgan fingerprint density at radius 2 is 1.43 bits per heavy atom. The van der Waals surface area contributed by atoms with Gasteiger partial charge in [-0.05, 0) is 47.0 Å². The smallest absolute Gasteiger partial charge is 0.258 e. The molecule has 28 heavy (non-hydrogen) atoms. The van der Waals surface area contributed by atoms with E-state index in [2.05, 4.69) is 22.1 Å². The molecular weight excluding hydrogens is 346 g/mol. The van der Waals surface area contributed by atoms with Crippen LogP contribution in [0.5, 0.6) is 0 Å². The SMILES string of the molecule is O=C(c1ccncc1)N(Cc1cccnc1)c1ccc(-c2ccccc2)cc1. The Balaban J connectivity index is 1.67. The van der Waals surface area contributed by atoms with E-state index in [0.29, 0.717) is 12.1 Å². The molecule has 1 amide bonds. The fraction of sp³-hybridized carbons (Fsp3) is 0.0417. The highest BCUT2D eigenvalue weighted by molar-refractivity contribution is 6.06. The van der Waals surface area contributed by atoms with E-state index in [1.165, 1.54) is 0 Å². The lowest BCUT2D eigenvalue weighted by Crippen LogP contribution is -2.30. The van der Waals surface area contributed by atoms with Crippen LogP contribution < -0.4 is 4.90 Å². The number of amides is 1. The summed E-state index contributed by atoms with van der Waals surface area (Å²) in [5.41, 5.74) is 4.67. The van der Waals surface area contributed by atoms with E-state index in [-0.39, 0.29) is 5.91 Å². The second-order valence-electron chi connectivity index (χ2n) is 6.40. The fourth-order valence-corrected chi connectivity index (χ4v) is 3.07. The average Bonchev–Trinajstić information content (AvgIpc) is 2.79. The van der Waals surface area contributed by atoms with Gasteiger partial charge in [0, 0.05) is 36.0 Å². The van der Waals surface area contributed by atoms with Crippen LogP contribution in [0.1, 0.15) is 15.9 Å². The normalized spacial score (nSPS) is 10.4. The topological polar surface area (TPSA) is 46.1 Å². The maximum atomic E-state index is 13.2. The van der Waals surface area contributed by atoms with Gasteiger partial charge < -0.3 is 4.90 Å². The number of rotatable bonds is 5. The molecule has 136 valence electrons. The second-order valence-corrected chi connectivity index (χ2v) is 6.40. The van der Waals surface area contributed by atoms with Crippen LogP contribution in [-0.4, -0.2) is 15.9 Å². The predicted molar refractivity (Wildman–Crippen MR) is 111 cm³/mol. The first-order valence-electron chi connectivity index (χ1n) is 9.07. The molecule has 0 saturated heterocycles. The van der Waals surface area contributed by atoms with E-state index in [1.807, 2.05) is 54.6 Å². The van der Waals surface area contributed by atoms with Crippen LogP contribution in [0, 0.1) is 0 Å². The Labute approximate surface area is 164 Å². The van der Waals surface area contributed by atoms with Crippen molar-refractivity contribution in [1.82, 2.24) is 9.97 Å². The van der Waals surface area contributed by atoms with Crippen molar-refractivity contribution in [2.45, 2.75) is 6.54 Å². The summed E-state index contributed by atoms with van der Waals surface area (Å²) in [6.07, 6.45) is 6.78. The molecule has 0 N–H and O–H groups in total. The van der Waals surface area contributed by atoms with Gasteiger partial charge in [0.25, 0.3) is 5.91 Å². The van der Waals surface area contributed by atoms with Crippen molar-refractivity contribution in [2.75, 3.05) is 4.90 Å². The van der Waals surface area contributed by atoms with Gasteiger partial charge in [-0.1, -0.05) is 48.5 Å². The molecule has 0 fully saturated rings. The third-order valence-corrected chi connectivity index (χ3v) is 4.52. The Morgan fingerprint density at radius 3 is 2.11 bits per heavy atom. The van der Waals surface area contributed by atoms with Gasteiger partial charge in [-0.15, -0.1) is 0 Å². The molecule has 2 aromatic heterocycles. The first-order valence-corrected chi connectivity index (χ1v) is 9.07. The first kappa shape index (κ1) is 17.6. The Hall–Kier alpha value is -3.79. The van der Waals surface area contributed by atoms with Gasteiger partial charge in [0.05, 0.1) is 6.54 Å². The third kappa shape index (κ3) is 3.96. The molecule has 0 atom stereocenters. The number of hydrogen-bond acceptors (Lipinski definition) is 3. The zero-order valence-electron chi connectivity index (χ0n) is 15.3. The minimum atomic E-state index is -0.0706. The van der Waals surface area contributed by atoms with Crippen LogP contribution >= 0.6 is 0 Å². The summed E-state index contributed by atoms with van der Waals surface area (Å²) in [5.74, 6) is -0.0706. The van der Waals surface area contributed by atoms with E-state index in [1.54, 1.807) is 41.8 Å². The number of nitrogens with zero attached hydrogens (tertiary/aromatic N) is 3.